The molecule has 3 aromatic rings. The Morgan fingerprint density at radius 3 is 2.79 bits per heavy atom. The molecule has 9 nitrogen and oxygen atoms in total. The zero-order valence-electron chi connectivity index (χ0n) is 9.12. The molecule has 0 aliphatic rings. The molecule has 0 radical (unpaired) electrons. The van der Waals surface area contributed by atoms with Gasteiger partial charge in [0.25, 0.3) is 10.0 Å². The number of sulfonamides is 1. The van der Waals surface area contributed by atoms with Crippen LogP contribution in [0.1, 0.15) is 0 Å². The normalized spacial score (nSPS) is 11.8. The number of rotatable bonds is 3. The number of nitrogens with zero attached hydrogens (tertiary/aromatic N) is 4. The molecule has 11 heteroatoms. The van der Waals surface area contributed by atoms with Crippen LogP contribution in [-0.2, 0) is 10.0 Å². The van der Waals surface area contributed by atoms with Gasteiger partial charge < -0.3 is 9.97 Å². The number of fused-ring (bicyclic) bond motifs is 1. The molecule has 3 N–H and O–H groups in total. The topological polar surface area (TPSA) is 129 Å². The van der Waals surface area contributed by atoms with Gasteiger partial charge in [-0.05, 0) is 0 Å². The third-order valence-electron chi connectivity index (χ3n) is 2.23. The highest BCUT2D eigenvalue weighted by Gasteiger charge is 2.18. The first-order valence-electron chi connectivity index (χ1n) is 4.94. The molecule has 0 atom stereocenters. The van der Waals surface area contributed by atoms with E-state index in [-0.39, 0.29) is 21.8 Å². The third kappa shape index (κ3) is 2.11. The van der Waals surface area contributed by atoms with E-state index in [4.69, 9.17) is 11.6 Å². The van der Waals surface area contributed by atoms with Gasteiger partial charge in [0, 0.05) is 0 Å². The average molecular weight is 300 g/mol. The van der Waals surface area contributed by atoms with Crippen molar-refractivity contribution in [3.8, 4) is 0 Å². The van der Waals surface area contributed by atoms with Crippen LogP contribution in [0, 0.1) is 0 Å². The number of imidazole rings is 2. The zero-order chi connectivity index (χ0) is 13.5. The summed E-state index contributed by atoms with van der Waals surface area (Å²) in [6.07, 6.45) is 3.80. The maximum atomic E-state index is 11.9. The second kappa shape index (κ2) is 4.17. The van der Waals surface area contributed by atoms with Crippen LogP contribution in [0.2, 0.25) is 5.15 Å². The minimum atomic E-state index is -3.83. The average Bonchev–Trinajstić information content (AvgIpc) is 2.99. The second-order valence-corrected chi connectivity index (χ2v) is 5.47. The summed E-state index contributed by atoms with van der Waals surface area (Å²) in [5.41, 5.74) is 0.702. The lowest BCUT2D eigenvalue weighted by atomic mass is 10.6. The summed E-state index contributed by atoms with van der Waals surface area (Å²) in [6.45, 7) is 0. The summed E-state index contributed by atoms with van der Waals surface area (Å²) < 4.78 is 26.0. The van der Waals surface area contributed by atoms with Crippen LogP contribution < -0.4 is 4.72 Å². The summed E-state index contributed by atoms with van der Waals surface area (Å²) in [4.78, 5) is 20.5. The fourth-order valence-corrected chi connectivity index (χ4v) is 2.48. The second-order valence-electron chi connectivity index (χ2n) is 3.46. The molecule has 0 unspecified atom stereocenters. The van der Waals surface area contributed by atoms with Crippen molar-refractivity contribution in [2.24, 2.45) is 0 Å². The first-order valence-corrected chi connectivity index (χ1v) is 6.80. The summed E-state index contributed by atoms with van der Waals surface area (Å²) in [5.74, 6) is -0.167. The number of H-pyrrole nitrogens is 2. The Kier molecular flexibility index (Phi) is 2.61. The van der Waals surface area contributed by atoms with Crippen molar-refractivity contribution in [2.45, 2.75) is 5.03 Å². The molecule has 3 heterocycles. The molecule has 0 amide bonds. The van der Waals surface area contributed by atoms with Gasteiger partial charge >= 0.3 is 0 Å². The van der Waals surface area contributed by atoms with Crippen LogP contribution >= 0.6 is 11.6 Å². The van der Waals surface area contributed by atoms with Crippen LogP contribution in [0.3, 0.4) is 0 Å². The Labute approximate surface area is 111 Å². The van der Waals surface area contributed by atoms with Crippen molar-refractivity contribution in [1.82, 2.24) is 29.9 Å². The Hall–Kier alpha value is -2.20. The van der Waals surface area contributed by atoms with Gasteiger partial charge in [-0.15, -0.1) is 0 Å². The van der Waals surface area contributed by atoms with Crippen molar-refractivity contribution in [3.63, 3.8) is 0 Å². The van der Waals surface area contributed by atoms with Crippen molar-refractivity contribution in [2.75, 3.05) is 4.72 Å². The Balaban J connectivity index is 2.02. The zero-order valence-corrected chi connectivity index (χ0v) is 10.7. The van der Waals surface area contributed by atoms with Crippen LogP contribution in [-0.4, -0.2) is 38.3 Å². The summed E-state index contributed by atoms with van der Waals surface area (Å²) in [7, 11) is -3.83. The number of hydrogen-bond acceptors (Lipinski definition) is 6. The largest absolute Gasteiger partial charge is 0.341 e. The highest BCUT2D eigenvalue weighted by atomic mass is 35.5. The van der Waals surface area contributed by atoms with Gasteiger partial charge in [-0.25, -0.2) is 14.7 Å². The van der Waals surface area contributed by atoms with Gasteiger partial charge in [0.15, 0.2) is 15.8 Å². The summed E-state index contributed by atoms with van der Waals surface area (Å²) >= 11 is 5.88. The highest BCUT2D eigenvalue weighted by Crippen LogP contribution is 2.19. The molecular formula is C8H6ClN7O2S. The Bertz CT molecular complexity index is 826. The van der Waals surface area contributed by atoms with Crippen molar-refractivity contribution in [3.05, 3.63) is 24.0 Å². The monoisotopic (exact) mass is 299 g/mol. The molecule has 0 aliphatic heterocycles. The lowest BCUT2D eigenvalue weighted by Gasteiger charge is -2.04. The van der Waals surface area contributed by atoms with E-state index in [9.17, 15) is 8.42 Å². The summed E-state index contributed by atoms with van der Waals surface area (Å²) in [5, 5.41) is -0.0286. The van der Waals surface area contributed by atoms with E-state index < -0.39 is 10.0 Å². The maximum Gasteiger partial charge on any atom is 0.281 e. The molecule has 0 saturated carbocycles. The first-order chi connectivity index (χ1) is 9.06. The number of hydrogen-bond donors (Lipinski definition) is 3. The smallest absolute Gasteiger partial charge is 0.281 e. The molecule has 0 aromatic carbocycles. The van der Waals surface area contributed by atoms with Gasteiger partial charge in [-0.1, -0.05) is 11.6 Å². The van der Waals surface area contributed by atoms with E-state index >= 15 is 0 Å². The molecule has 0 saturated heterocycles. The van der Waals surface area contributed by atoms with Gasteiger partial charge in [0.1, 0.15) is 5.52 Å². The number of aromatic nitrogens is 6. The predicted octanol–water partition coefficient (Wildman–Crippen LogP) is 0.530. The molecular weight excluding hydrogens is 294 g/mol. The van der Waals surface area contributed by atoms with Gasteiger partial charge in [-0.3, -0.25) is 0 Å². The van der Waals surface area contributed by atoms with E-state index in [1.165, 1.54) is 12.7 Å². The van der Waals surface area contributed by atoms with Crippen LogP contribution in [0.15, 0.2) is 23.9 Å². The number of halogens is 1. The Morgan fingerprint density at radius 1 is 1.21 bits per heavy atom. The van der Waals surface area contributed by atoms with Gasteiger partial charge in [0.2, 0.25) is 5.95 Å². The molecule has 19 heavy (non-hydrogen) atoms. The fraction of sp³-hybridized carbons (Fsp3) is 0. The van der Waals surface area contributed by atoms with E-state index in [0.717, 1.165) is 6.20 Å². The highest BCUT2D eigenvalue weighted by molar-refractivity contribution is 7.92. The number of nitrogens with one attached hydrogen (secondary N) is 3. The van der Waals surface area contributed by atoms with Gasteiger partial charge in [-0.2, -0.15) is 18.4 Å². The third-order valence-corrected chi connectivity index (χ3v) is 3.76. The minimum absolute atomic E-state index is 0.0739. The Morgan fingerprint density at radius 2 is 2.05 bits per heavy atom. The van der Waals surface area contributed by atoms with Gasteiger partial charge in [0.05, 0.1) is 18.9 Å². The minimum Gasteiger partial charge on any atom is -0.341 e. The van der Waals surface area contributed by atoms with Crippen LogP contribution in [0.5, 0.6) is 0 Å². The number of aromatic amines is 2. The van der Waals surface area contributed by atoms with Crippen LogP contribution in [0.4, 0.5) is 5.95 Å². The predicted molar refractivity (Wildman–Crippen MR) is 66.1 cm³/mol. The molecule has 0 aliphatic carbocycles. The molecule has 3 aromatic heterocycles. The fourth-order valence-electron chi connectivity index (χ4n) is 1.41. The molecule has 0 fully saturated rings. The molecule has 0 spiro atoms. The first kappa shape index (κ1) is 11.9. The van der Waals surface area contributed by atoms with E-state index in [1.54, 1.807) is 0 Å². The SMILES string of the molecule is O=S(=O)(Nc1nc(Cl)c2[nH]cnc2n1)c1cnc[nH]1. The molecule has 98 valence electrons. The summed E-state index contributed by atoms with van der Waals surface area (Å²) in [6, 6.07) is 0. The van der Waals surface area contributed by atoms with E-state index in [1.807, 2.05) is 0 Å². The lowest BCUT2D eigenvalue weighted by molar-refractivity contribution is 0.598. The van der Waals surface area contributed by atoms with E-state index in [0.29, 0.717) is 5.52 Å². The molecule has 3 rings (SSSR count). The lowest BCUT2D eigenvalue weighted by Crippen LogP contribution is -2.15. The number of anilines is 1. The van der Waals surface area contributed by atoms with Crippen LogP contribution in [0.25, 0.3) is 11.2 Å². The van der Waals surface area contributed by atoms with Crippen molar-refractivity contribution in [1.29, 1.82) is 0 Å². The standard InChI is InChI=1S/C8H6ClN7O2S/c9-6-5-7(13-3-12-5)15-8(14-6)16-19(17,18)4-1-10-2-11-4/h1-3H,(H,10,11)(H2,12,13,14,15,16). The van der Waals surface area contributed by atoms with E-state index in [2.05, 4.69) is 34.6 Å². The maximum absolute atomic E-state index is 11.9. The van der Waals surface area contributed by atoms with Crippen molar-refractivity contribution >= 4 is 38.7 Å². The van der Waals surface area contributed by atoms with Crippen molar-refractivity contribution < 1.29 is 8.42 Å². The quantitative estimate of drug-likeness (QED) is 0.605. The molecule has 0 bridgehead atoms.